The minimum Gasteiger partial charge on any atom is -0.480 e. The molecule has 32 heavy (non-hydrogen) atoms. The number of carbonyl (C=O) groups excluding carboxylic acids is 1. The second-order valence-corrected chi connectivity index (χ2v) is 8.64. The van der Waals surface area contributed by atoms with Crippen molar-refractivity contribution in [1.82, 2.24) is 5.32 Å². The molecule has 1 amide bonds. The van der Waals surface area contributed by atoms with Gasteiger partial charge in [-0.3, -0.25) is 0 Å². The third-order valence-electron chi connectivity index (χ3n) is 6.64. The normalized spacial score (nSPS) is 15.5. The van der Waals surface area contributed by atoms with Crippen molar-refractivity contribution in [2.45, 2.75) is 31.2 Å². The Kier molecular flexibility index (Phi) is 5.39. The molecule has 2 aliphatic carbocycles. The smallest absolute Gasteiger partial charge is 0.407 e. The van der Waals surface area contributed by atoms with E-state index < -0.39 is 18.1 Å². The van der Waals surface area contributed by atoms with Gasteiger partial charge in [0.25, 0.3) is 0 Å². The second kappa shape index (κ2) is 8.50. The van der Waals surface area contributed by atoms with Gasteiger partial charge in [-0.1, -0.05) is 72.8 Å². The number of carbonyl (C=O) groups is 2. The maximum atomic E-state index is 12.5. The van der Waals surface area contributed by atoms with E-state index in [1.807, 2.05) is 36.4 Å². The van der Waals surface area contributed by atoms with E-state index in [1.54, 1.807) is 0 Å². The fourth-order valence-electron chi connectivity index (χ4n) is 5.15. The van der Waals surface area contributed by atoms with Crippen LogP contribution in [-0.2, 0) is 22.4 Å². The van der Waals surface area contributed by atoms with E-state index in [4.69, 9.17) is 4.74 Å². The van der Waals surface area contributed by atoms with Gasteiger partial charge in [0.2, 0.25) is 0 Å². The summed E-state index contributed by atoms with van der Waals surface area (Å²) in [5.74, 6) is -0.891. The van der Waals surface area contributed by atoms with Gasteiger partial charge in [0, 0.05) is 5.92 Å². The number of carboxylic acid groups (broad SMARTS) is 1. The molecule has 5 rings (SSSR count). The molecule has 1 atom stereocenters. The molecule has 0 unspecified atom stereocenters. The Morgan fingerprint density at radius 2 is 1.41 bits per heavy atom. The van der Waals surface area contributed by atoms with Crippen LogP contribution >= 0.6 is 0 Å². The highest BCUT2D eigenvalue weighted by molar-refractivity contribution is 5.81. The minimum absolute atomic E-state index is 0.0549. The summed E-state index contributed by atoms with van der Waals surface area (Å²) < 4.78 is 5.53. The summed E-state index contributed by atoms with van der Waals surface area (Å²) in [5.41, 5.74) is 7.09. The Balaban J connectivity index is 1.22. The predicted octanol–water partition coefficient (Wildman–Crippen LogP) is 4.78. The third kappa shape index (κ3) is 3.86. The molecule has 5 nitrogen and oxygen atoms in total. The van der Waals surface area contributed by atoms with Crippen LogP contribution in [0.4, 0.5) is 4.79 Å². The maximum absolute atomic E-state index is 12.5. The SMILES string of the molecule is O=C(N[C@@H](CC1Cc2ccccc2C1)C(=O)O)OCC1c2ccccc2-c2ccccc21. The van der Waals surface area contributed by atoms with Gasteiger partial charge >= 0.3 is 12.1 Å². The van der Waals surface area contributed by atoms with Crippen molar-refractivity contribution in [3.05, 3.63) is 95.1 Å². The van der Waals surface area contributed by atoms with Gasteiger partial charge in [0.05, 0.1) is 0 Å². The Morgan fingerprint density at radius 1 is 0.875 bits per heavy atom. The molecule has 0 bridgehead atoms. The Hall–Kier alpha value is -3.60. The molecular formula is C27H25NO4. The molecular weight excluding hydrogens is 402 g/mol. The van der Waals surface area contributed by atoms with E-state index in [-0.39, 0.29) is 18.4 Å². The van der Waals surface area contributed by atoms with Crippen LogP contribution < -0.4 is 5.32 Å². The van der Waals surface area contributed by atoms with Gasteiger partial charge in [0.1, 0.15) is 12.6 Å². The van der Waals surface area contributed by atoms with Gasteiger partial charge < -0.3 is 15.2 Å². The van der Waals surface area contributed by atoms with Gasteiger partial charge in [-0.2, -0.15) is 0 Å². The van der Waals surface area contributed by atoms with Crippen LogP contribution in [0.25, 0.3) is 11.1 Å². The average Bonchev–Trinajstić information content (AvgIpc) is 3.35. The summed E-state index contributed by atoms with van der Waals surface area (Å²) in [6.07, 6.45) is 1.38. The number of carboxylic acids is 1. The second-order valence-electron chi connectivity index (χ2n) is 8.64. The number of fused-ring (bicyclic) bond motifs is 4. The third-order valence-corrected chi connectivity index (χ3v) is 6.64. The van der Waals surface area contributed by atoms with Gasteiger partial charge in [0.15, 0.2) is 0 Å². The lowest BCUT2D eigenvalue weighted by molar-refractivity contribution is -0.139. The molecule has 0 radical (unpaired) electrons. The van der Waals surface area contributed by atoms with Crippen LogP contribution in [0.2, 0.25) is 0 Å². The van der Waals surface area contributed by atoms with E-state index in [2.05, 4.69) is 41.7 Å². The lowest BCUT2D eigenvalue weighted by Gasteiger charge is -2.19. The van der Waals surface area contributed by atoms with E-state index in [0.717, 1.165) is 35.1 Å². The van der Waals surface area contributed by atoms with Crippen LogP contribution in [0, 0.1) is 5.92 Å². The summed E-state index contributed by atoms with van der Waals surface area (Å²) in [5, 5.41) is 12.3. The van der Waals surface area contributed by atoms with Crippen molar-refractivity contribution in [3.63, 3.8) is 0 Å². The summed E-state index contributed by atoms with van der Waals surface area (Å²) >= 11 is 0. The molecule has 0 heterocycles. The van der Waals surface area contributed by atoms with Crippen molar-refractivity contribution in [2.24, 2.45) is 5.92 Å². The van der Waals surface area contributed by atoms with Crippen molar-refractivity contribution in [3.8, 4) is 11.1 Å². The number of alkyl carbamates (subject to hydrolysis) is 1. The number of rotatable bonds is 6. The molecule has 0 aliphatic heterocycles. The average molecular weight is 428 g/mol. The number of hydrogen-bond acceptors (Lipinski definition) is 3. The Morgan fingerprint density at radius 3 is 1.97 bits per heavy atom. The molecule has 0 saturated heterocycles. The topological polar surface area (TPSA) is 75.6 Å². The molecule has 0 fully saturated rings. The first-order chi connectivity index (χ1) is 15.6. The highest BCUT2D eigenvalue weighted by Gasteiger charge is 2.31. The summed E-state index contributed by atoms with van der Waals surface area (Å²) in [7, 11) is 0. The standard InChI is InChI=1S/C27H25NO4/c29-26(30)25(15-17-13-18-7-1-2-8-19(18)14-17)28-27(31)32-16-24-22-11-5-3-9-20(22)21-10-4-6-12-23(21)24/h1-12,17,24-25H,13-16H2,(H,28,31)(H,29,30)/t25-/m0/s1. The molecule has 2 N–H and O–H groups in total. The minimum atomic E-state index is -1.03. The van der Waals surface area contributed by atoms with Crippen LogP contribution in [0.3, 0.4) is 0 Å². The van der Waals surface area contributed by atoms with Crippen LogP contribution in [0.1, 0.15) is 34.6 Å². The fraction of sp³-hybridized carbons (Fsp3) is 0.259. The highest BCUT2D eigenvalue weighted by atomic mass is 16.5. The summed E-state index contributed by atoms with van der Waals surface area (Å²) in [6, 6.07) is 23.5. The fourth-order valence-corrected chi connectivity index (χ4v) is 5.15. The zero-order chi connectivity index (χ0) is 22.1. The molecule has 3 aromatic carbocycles. The quantitative estimate of drug-likeness (QED) is 0.593. The van der Waals surface area contributed by atoms with Gasteiger partial charge in [-0.05, 0) is 58.6 Å². The largest absolute Gasteiger partial charge is 0.480 e. The first-order valence-electron chi connectivity index (χ1n) is 11.0. The van der Waals surface area contributed by atoms with E-state index in [0.29, 0.717) is 6.42 Å². The van der Waals surface area contributed by atoms with Crippen molar-refractivity contribution in [1.29, 1.82) is 0 Å². The van der Waals surface area contributed by atoms with Gasteiger partial charge in [-0.25, -0.2) is 9.59 Å². The highest BCUT2D eigenvalue weighted by Crippen LogP contribution is 2.44. The van der Waals surface area contributed by atoms with Crippen molar-refractivity contribution < 1.29 is 19.4 Å². The maximum Gasteiger partial charge on any atom is 0.407 e. The summed E-state index contributed by atoms with van der Waals surface area (Å²) in [6.45, 7) is 0.168. The predicted molar refractivity (Wildman–Crippen MR) is 122 cm³/mol. The van der Waals surface area contributed by atoms with Crippen molar-refractivity contribution >= 4 is 12.1 Å². The van der Waals surface area contributed by atoms with E-state index in [9.17, 15) is 14.7 Å². The number of aliphatic carboxylic acids is 1. The van der Waals surface area contributed by atoms with E-state index >= 15 is 0 Å². The number of ether oxygens (including phenoxy) is 1. The van der Waals surface area contributed by atoms with Gasteiger partial charge in [-0.15, -0.1) is 0 Å². The first kappa shape index (κ1) is 20.3. The number of benzene rings is 3. The lowest BCUT2D eigenvalue weighted by atomic mass is 9.97. The zero-order valence-corrected chi connectivity index (χ0v) is 17.7. The monoisotopic (exact) mass is 427 g/mol. The Bertz CT molecular complexity index is 1100. The number of nitrogens with one attached hydrogen (secondary N) is 1. The molecule has 0 aromatic heterocycles. The number of hydrogen-bond donors (Lipinski definition) is 2. The van der Waals surface area contributed by atoms with Crippen LogP contribution in [0.15, 0.2) is 72.8 Å². The summed E-state index contributed by atoms with van der Waals surface area (Å²) in [4.78, 5) is 24.3. The van der Waals surface area contributed by atoms with E-state index in [1.165, 1.54) is 11.1 Å². The van der Waals surface area contributed by atoms with Crippen LogP contribution in [-0.4, -0.2) is 29.8 Å². The molecule has 0 saturated carbocycles. The molecule has 5 heteroatoms. The number of amides is 1. The van der Waals surface area contributed by atoms with Crippen molar-refractivity contribution in [2.75, 3.05) is 6.61 Å². The molecule has 3 aromatic rings. The lowest BCUT2D eigenvalue weighted by Crippen LogP contribution is -2.42. The Labute approximate surface area is 187 Å². The molecule has 0 spiro atoms. The molecule has 162 valence electrons. The first-order valence-corrected chi connectivity index (χ1v) is 11.0. The van der Waals surface area contributed by atoms with Crippen LogP contribution in [0.5, 0.6) is 0 Å². The molecule has 2 aliphatic rings. The zero-order valence-electron chi connectivity index (χ0n) is 17.7.